The van der Waals surface area contributed by atoms with Crippen LogP contribution in [0.4, 0.5) is 0 Å². The number of rotatable bonds is 9. The van der Waals surface area contributed by atoms with Crippen LogP contribution in [-0.2, 0) is 16.1 Å². The standard InChI is InChI=1S/C19H30N2O2/c1-5-12-20(13-6-2)18(22)14-19(23)21(16(3)4)15-17-10-8-7-9-11-17/h7-11,16H,5-6,12-15H2,1-4H3. The van der Waals surface area contributed by atoms with Crippen LogP contribution in [0.5, 0.6) is 0 Å². The van der Waals surface area contributed by atoms with Gasteiger partial charge < -0.3 is 9.80 Å². The van der Waals surface area contributed by atoms with Crippen molar-refractivity contribution in [2.45, 2.75) is 59.5 Å². The fraction of sp³-hybridized carbons (Fsp3) is 0.579. The molecule has 0 unspecified atom stereocenters. The van der Waals surface area contributed by atoms with Gasteiger partial charge in [0.1, 0.15) is 6.42 Å². The summed E-state index contributed by atoms with van der Waals surface area (Å²) in [4.78, 5) is 28.6. The van der Waals surface area contributed by atoms with Gasteiger partial charge in [-0.1, -0.05) is 44.2 Å². The van der Waals surface area contributed by atoms with Gasteiger partial charge in [0.2, 0.25) is 11.8 Å². The average molecular weight is 318 g/mol. The van der Waals surface area contributed by atoms with E-state index in [4.69, 9.17) is 0 Å². The number of carbonyl (C=O) groups excluding carboxylic acids is 2. The number of nitrogens with zero attached hydrogens (tertiary/aromatic N) is 2. The minimum absolute atomic E-state index is 0.0367. The van der Waals surface area contributed by atoms with Gasteiger partial charge >= 0.3 is 0 Å². The van der Waals surface area contributed by atoms with Crippen LogP contribution in [0.3, 0.4) is 0 Å². The summed E-state index contributed by atoms with van der Waals surface area (Å²) < 4.78 is 0. The molecule has 4 heteroatoms. The Labute approximate surface area is 140 Å². The van der Waals surface area contributed by atoms with E-state index in [9.17, 15) is 9.59 Å². The zero-order valence-electron chi connectivity index (χ0n) is 14.9. The highest BCUT2D eigenvalue weighted by Crippen LogP contribution is 2.11. The molecule has 0 N–H and O–H groups in total. The van der Waals surface area contributed by atoms with Gasteiger partial charge in [0.15, 0.2) is 0 Å². The molecule has 4 nitrogen and oxygen atoms in total. The van der Waals surface area contributed by atoms with Crippen molar-refractivity contribution in [1.29, 1.82) is 0 Å². The molecule has 0 fully saturated rings. The summed E-state index contributed by atoms with van der Waals surface area (Å²) in [5, 5.41) is 0. The quantitative estimate of drug-likeness (QED) is 0.654. The minimum atomic E-state index is -0.0916. The van der Waals surface area contributed by atoms with Gasteiger partial charge in [-0.3, -0.25) is 9.59 Å². The van der Waals surface area contributed by atoms with E-state index >= 15 is 0 Å². The van der Waals surface area contributed by atoms with E-state index in [1.165, 1.54) is 0 Å². The first kappa shape index (κ1) is 19.2. The Kier molecular flexibility index (Phi) is 8.38. The number of hydrogen-bond donors (Lipinski definition) is 0. The van der Waals surface area contributed by atoms with Crippen LogP contribution < -0.4 is 0 Å². The van der Waals surface area contributed by atoms with Crippen LogP contribution in [0.25, 0.3) is 0 Å². The summed E-state index contributed by atoms with van der Waals surface area (Å²) in [5.74, 6) is -0.150. The first-order valence-electron chi connectivity index (χ1n) is 8.60. The molecule has 0 radical (unpaired) electrons. The first-order chi connectivity index (χ1) is 11.0. The normalized spacial score (nSPS) is 10.7. The maximum Gasteiger partial charge on any atom is 0.232 e. The monoisotopic (exact) mass is 318 g/mol. The molecule has 0 aliphatic carbocycles. The van der Waals surface area contributed by atoms with Crippen LogP contribution in [-0.4, -0.2) is 40.7 Å². The first-order valence-corrected chi connectivity index (χ1v) is 8.60. The molecule has 1 rings (SSSR count). The maximum atomic E-state index is 12.6. The Hall–Kier alpha value is -1.84. The van der Waals surface area contributed by atoms with Crippen molar-refractivity contribution in [3.05, 3.63) is 35.9 Å². The van der Waals surface area contributed by atoms with E-state index in [2.05, 4.69) is 0 Å². The fourth-order valence-corrected chi connectivity index (χ4v) is 2.58. The van der Waals surface area contributed by atoms with Gasteiger partial charge in [0.25, 0.3) is 0 Å². The molecule has 0 aliphatic heterocycles. The third-order valence-electron chi connectivity index (χ3n) is 3.78. The summed E-state index contributed by atoms with van der Waals surface area (Å²) >= 11 is 0. The van der Waals surface area contributed by atoms with Crippen LogP contribution in [0, 0.1) is 0 Å². The highest BCUT2D eigenvalue weighted by Gasteiger charge is 2.22. The highest BCUT2D eigenvalue weighted by molar-refractivity contribution is 5.97. The topological polar surface area (TPSA) is 40.6 Å². The van der Waals surface area contributed by atoms with Gasteiger partial charge in [-0.05, 0) is 32.3 Å². The molecule has 0 bridgehead atoms. The maximum absolute atomic E-state index is 12.6. The van der Waals surface area contributed by atoms with E-state index in [0.29, 0.717) is 6.54 Å². The number of carbonyl (C=O) groups is 2. The predicted octanol–water partition coefficient (Wildman–Crippen LogP) is 3.46. The fourth-order valence-electron chi connectivity index (χ4n) is 2.58. The van der Waals surface area contributed by atoms with E-state index in [0.717, 1.165) is 31.5 Å². The lowest BCUT2D eigenvalue weighted by Crippen LogP contribution is -2.41. The van der Waals surface area contributed by atoms with Gasteiger partial charge in [-0.15, -0.1) is 0 Å². The smallest absolute Gasteiger partial charge is 0.232 e. The third-order valence-corrected chi connectivity index (χ3v) is 3.78. The Morgan fingerprint density at radius 3 is 2.00 bits per heavy atom. The third kappa shape index (κ3) is 6.43. The summed E-state index contributed by atoms with van der Waals surface area (Å²) in [6, 6.07) is 9.97. The lowest BCUT2D eigenvalue weighted by molar-refractivity contribution is -0.142. The molecule has 128 valence electrons. The lowest BCUT2D eigenvalue weighted by Gasteiger charge is -2.28. The molecule has 1 aromatic carbocycles. The van der Waals surface area contributed by atoms with E-state index < -0.39 is 0 Å². The van der Waals surface area contributed by atoms with Crippen molar-refractivity contribution in [2.24, 2.45) is 0 Å². The molecule has 23 heavy (non-hydrogen) atoms. The molecule has 1 aromatic rings. The average Bonchev–Trinajstić information content (AvgIpc) is 2.52. The zero-order valence-corrected chi connectivity index (χ0v) is 14.9. The Morgan fingerprint density at radius 2 is 1.52 bits per heavy atom. The van der Waals surface area contributed by atoms with Gasteiger partial charge in [0.05, 0.1) is 0 Å². The zero-order chi connectivity index (χ0) is 17.2. The summed E-state index contributed by atoms with van der Waals surface area (Å²) in [7, 11) is 0. The molecular weight excluding hydrogens is 288 g/mol. The highest BCUT2D eigenvalue weighted by atomic mass is 16.2. The van der Waals surface area contributed by atoms with Crippen LogP contribution >= 0.6 is 0 Å². The second-order valence-electron chi connectivity index (χ2n) is 6.16. The summed E-state index contributed by atoms with van der Waals surface area (Å²) in [6.07, 6.45) is 1.79. The largest absolute Gasteiger partial charge is 0.342 e. The molecule has 0 heterocycles. The van der Waals surface area contributed by atoms with Gasteiger partial charge in [0, 0.05) is 25.7 Å². The van der Waals surface area contributed by atoms with Crippen molar-refractivity contribution in [2.75, 3.05) is 13.1 Å². The Balaban J connectivity index is 2.72. The van der Waals surface area contributed by atoms with E-state index in [1.807, 2.05) is 58.0 Å². The molecule has 0 atom stereocenters. The van der Waals surface area contributed by atoms with Crippen molar-refractivity contribution in [3.8, 4) is 0 Å². The predicted molar refractivity (Wildman–Crippen MR) is 93.9 cm³/mol. The molecule has 2 amide bonds. The van der Waals surface area contributed by atoms with Crippen LogP contribution in [0.15, 0.2) is 30.3 Å². The number of benzene rings is 1. The van der Waals surface area contributed by atoms with Crippen LogP contribution in [0.2, 0.25) is 0 Å². The van der Waals surface area contributed by atoms with Crippen LogP contribution in [0.1, 0.15) is 52.5 Å². The van der Waals surface area contributed by atoms with Gasteiger partial charge in [-0.25, -0.2) is 0 Å². The molecule has 0 aliphatic rings. The molecule has 0 saturated carbocycles. The second kappa shape index (κ2) is 10.0. The minimum Gasteiger partial charge on any atom is -0.342 e. The molecular formula is C19H30N2O2. The van der Waals surface area contributed by atoms with E-state index in [1.54, 1.807) is 9.80 Å². The summed E-state index contributed by atoms with van der Waals surface area (Å²) in [5.41, 5.74) is 1.08. The van der Waals surface area contributed by atoms with Crippen molar-refractivity contribution in [1.82, 2.24) is 9.80 Å². The number of amides is 2. The Bertz CT molecular complexity index is 479. The lowest BCUT2D eigenvalue weighted by atomic mass is 10.1. The molecule has 0 aromatic heterocycles. The molecule has 0 spiro atoms. The summed E-state index contributed by atoms with van der Waals surface area (Å²) in [6.45, 7) is 10.1. The van der Waals surface area contributed by atoms with Crippen molar-refractivity contribution < 1.29 is 9.59 Å². The number of hydrogen-bond acceptors (Lipinski definition) is 2. The SMILES string of the molecule is CCCN(CCC)C(=O)CC(=O)N(Cc1ccccc1)C(C)C. The Morgan fingerprint density at radius 1 is 0.957 bits per heavy atom. The van der Waals surface area contributed by atoms with Crippen molar-refractivity contribution >= 4 is 11.8 Å². The van der Waals surface area contributed by atoms with Crippen molar-refractivity contribution in [3.63, 3.8) is 0 Å². The van der Waals surface area contributed by atoms with E-state index in [-0.39, 0.29) is 24.3 Å². The van der Waals surface area contributed by atoms with Gasteiger partial charge in [-0.2, -0.15) is 0 Å². The molecule has 0 saturated heterocycles. The second-order valence-corrected chi connectivity index (χ2v) is 6.16.